The van der Waals surface area contributed by atoms with E-state index in [0.29, 0.717) is 0 Å². The average Bonchev–Trinajstić information content (AvgIpc) is 2.84. The Bertz CT molecular complexity index is 720. The molecule has 19 heavy (non-hydrogen) atoms. The number of rotatable bonds is 3. The minimum atomic E-state index is 0.776. The number of nitrogens with zero attached hydrogens (tertiary/aromatic N) is 3. The third kappa shape index (κ3) is 2.42. The lowest BCUT2D eigenvalue weighted by atomic mass is 10.1. The summed E-state index contributed by atoms with van der Waals surface area (Å²) in [7, 11) is 1.92. The van der Waals surface area contributed by atoms with Crippen molar-refractivity contribution in [3.8, 4) is 0 Å². The van der Waals surface area contributed by atoms with Gasteiger partial charge in [-0.3, -0.25) is 9.67 Å². The first-order valence-electron chi connectivity index (χ1n) is 5.97. The SMILES string of the molecule is Cn1cc(SCc2ccc(N)c3cccnc23)cn1. The van der Waals surface area contributed by atoms with Crippen molar-refractivity contribution in [1.82, 2.24) is 14.8 Å². The smallest absolute Gasteiger partial charge is 0.0763 e. The number of thioether (sulfide) groups is 1. The molecule has 0 saturated heterocycles. The van der Waals surface area contributed by atoms with Crippen molar-refractivity contribution in [2.75, 3.05) is 5.73 Å². The minimum Gasteiger partial charge on any atom is -0.398 e. The van der Waals surface area contributed by atoms with E-state index in [1.807, 2.05) is 48.4 Å². The van der Waals surface area contributed by atoms with E-state index in [0.717, 1.165) is 27.2 Å². The molecule has 2 aromatic heterocycles. The van der Waals surface area contributed by atoms with Crippen LogP contribution in [0.2, 0.25) is 0 Å². The van der Waals surface area contributed by atoms with Gasteiger partial charge in [0.1, 0.15) is 0 Å². The quantitative estimate of drug-likeness (QED) is 0.587. The summed E-state index contributed by atoms with van der Waals surface area (Å²) in [6, 6.07) is 7.92. The summed E-state index contributed by atoms with van der Waals surface area (Å²) < 4.78 is 1.81. The first-order valence-corrected chi connectivity index (χ1v) is 6.96. The highest BCUT2D eigenvalue weighted by Gasteiger charge is 2.06. The van der Waals surface area contributed by atoms with Crippen LogP contribution in [0.15, 0.2) is 47.8 Å². The maximum atomic E-state index is 5.98. The van der Waals surface area contributed by atoms with Crippen molar-refractivity contribution in [2.45, 2.75) is 10.6 Å². The van der Waals surface area contributed by atoms with Crippen molar-refractivity contribution >= 4 is 28.4 Å². The van der Waals surface area contributed by atoms with Gasteiger partial charge in [0.25, 0.3) is 0 Å². The molecule has 1 aromatic carbocycles. The van der Waals surface area contributed by atoms with Gasteiger partial charge in [0.15, 0.2) is 0 Å². The molecule has 0 saturated carbocycles. The predicted molar refractivity (Wildman–Crippen MR) is 78.9 cm³/mol. The van der Waals surface area contributed by atoms with Crippen LogP contribution in [0.1, 0.15) is 5.56 Å². The summed E-state index contributed by atoms with van der Waals surface area (Å²) in [5.74, 6) is 0.861. The van der Waals surface area contributed by atoms with Crippen molar-refractivity contribution < 1.29 is 0 Å². The maximum absolute atomic E-state index is 5.98. The molecule has 3 rings (SSSR count). The highest BCUT2D eigenvalue weighted by atomic mass is 32.2. The Labute approximate surface area is 115 Å². The number of hydrogen-bond donors (Lipinski definition) is 1. The summed E-state index contributed by atoms with van der Waals surface area (Å²) in [6.45, 7) is 0. The summed E-state index contributed by atoms with van der Waals surface area (Å²) in [5.41, 5.74) is 8.93. The van der Waals surface area contributed by atoms with E-state index in [4.69, 9.17) is 5.73 Å². The molecule has 0 fully saturated rings. The number of anilines is 1. The minimum absolute atomic E-state index is 0.776. The lowest BCUT2D eigenvalue weighted by Crippen LogP contribution is -1.92. The fraction of sp³-hybridized carbons (Fsp3) is 0.143. The monoisotopic (exact) mass is 270 g/mol. The molecule has 2 N–H and O–H groups in total. The molecule has 0 aliphatic carbocycles. The van der Waals surface area contributed by atoms with Gasteiger partial charge in [-0.2, -0.15) is 5.10 Å². The number of benzene rings is 1. The molecule has 0 bridgehead atoms. The number of aryl methyl sites for hydroxylation is 1. The van der Waals surface area contributed by atoms with Gasteiger partial charge in [0, 0.05) is 41.2 Å². The van der Waals surface area contributed by atoms with Gasteiger partial charge in [-0.25, -0.2) is 0 Å². The number of pyridine rings is 1. The van der Waals surface area contributed by atoms with Crippen LogP contribution in [0.5, 0.6) is 0 Å². The molecule has 0 radical (unpaired) electrons. The van der Waals surface area contributed by atoms with Crippen LogP contribution in [0.4, 0.5) is 5.69 Å². The molecular weight excluding hydrogens is 256 g/mol. The summed E-state index contributed by atoms with van der Waals surface area (Å²) in [5, 5.41) is 5.19. The van der Waals surface area contributed by atoms with Crippen molar-refractivity contribution in [2.24, 2.45) is 7.05 Å². The maximum Gasteiger partial charge on any atom is 0.0763 e. The van der Waals surface area contributed by atoms with Gasteiger partial charge in [-0.1, -0.05) is 6.07 Å². The van der Waals surface area contributed by atoms with E-state index in [-0.39, 0.29) is 0 Å². The Morgan fingerprint density at radius 2 is 2.21 bits per heavy atom. The van der Waals surface area contributed by atoms with Gasteiger partial charge in [0.05, 0.1) is 11.7 Å². The molecule has 0 atom stereocenters. The largest absolute Gasteiger partial charge is 0.398 e. The summed E-state index contributed by atoms with van der Waals surface area (Å²) >= 11 is 1.75. The molecule has 96 valence electrons. The molecule has 0 spiro atoms. The zero-order chi connectivity index (χ0) is 13.2. The van der Waals surface area contributed by atoms with E-state index < -0.39 is 0 Å². The first-order chi connectivity index (χ1) is 9.24. The van der Waals surface area contributed by atoms with Gasteiger partial charge < -0.3 is 5.73 Å². The zero-order valence-electron chi connectivity index (χ0n) is 10.6. The number of nitrogen functional groups attached to an aromatic ring is 1. The number of hydrogen-bond acceptors (Lipinski definition) is 4. The second-order valence-corrected chi connectivity index (χ2v) is 5.40. The fourth-order valence-corrected chi connectivity index (χ4v) is 2.91. The molecule has 0 amide bonds. The second-order valence-electron chi connectivity index (χ2n) is 4.35. The van der Waals surface area contributed by atoms with Crippen LogP contribution in [0.3, 0.4) is 0 Å². The van der Waals surface area contributed by atoms with E-state index in [9.17, 15) is 0 Å². The Kier molecular flexibility index (Phi) is 3.13. The second kappa shape index (κ2) is 4.93. The number of nitrogens with two attached hydrogens (primary N) is 1. The Morgan fingerprint density at radius 3 is 3.00 bits per heavy atom. The van der Waals surface area contributed by atoms with Gasteiger partial charge in [-0.15, -0.1) is 11.8 Å². The molecule has 3 aromatic rings. The van der Waals surface area contributed by atoms with Crippen LogP contribution in [-0.2, 0) is 12.8 Å². The predicted octanol–water partition coefficient (Wildman–Crippen LogP) is 2.84. The van der Waals surface area contributed by atoms with Crippen molar-refractivity contribution in [1.29, 1.82) is 0 Å². The normalized spacial score (nSPS) is 11.0. The van der Waals surface area contributed by atoms with Crippen LogP contribution in [0, 0.1) is 0 Å². The highest BCUT2D eigenvalue weighted by Crippen LogP contribution is 2.28. The molecule has 4 nitrogen and oxygen atoms in total. The average molecular weight is 270 g/mol. The molecule has 2 heterocycles. The van der Waals surface area contributed by atoms with E-state index in [2.05, 4.69) is 10.1 Å². The Balaban J connectivity index is 1.91. The molecule has 0 aliphatic heterocycles. The van der Waals surface area contributed by atoms with Crippen LogP contribution in [0.25, 0.3) is 10.9 Å². The Hall–Kier alpha value is -2.01. The van der Waals surface area contributed by atoms with E-state index in [1.165, 1.54) is 5.56 Å². The molecule has 0 unspecified atom stereocenters. The van der Waals surface area contributed by atoms with Crippen molar-refractivity contribution in [3.63, 3.8) is 0 Å². The molecular formula is C14H14N4S. The van der Waals surface area contributed by atoms with Crippen molar-refractivity contribution in [3.05, 3.63) is 48.4 Å². The van der Waals surface area contributed by atoms with E-state index >= 15 is 0 Å². The highest BCUT2D eigenvalue weighted by molar-refractivity contribution is 7.98. The van der Waals surface area contributed by atoms with Crippen LogP contribution in [-0.4, -0.2) is 14.8 Å². The lowest BCUT2D eigenvalue weighted by molar-refractivity contribution is 0.766. The lowest BCUT2D eigenvalue weighted by Gasteiger charge is -2.07. The van der Waals surface area contributed by atoms with Crippen LogP contribution < -0.4 is 5.73 Å². The fourth-order valence-electron chi connectivity index (χ4n) is 2.00. The topological polar surface area (TPSA) is 56.7 Å². The third-order valence-electron chi connectivity index (χ3n) is 2.96. The molecule has 0 aliphatic rings. The van der Waals surface area contributed by atoms with E-state index in [1.54, 1.807) is 18.0 Å². The van der Waals surface area contributed by atoms with Crippen LogP contribution >= 0.6 is 11.8 Å². The summed E-state index contributed by atoms with van der Waals surface area (Å²) in [6.07, 6.45) is 5.69. The summed E-state index contributed by atoms with van der Waals surface area (Å²) in [4.78, 5) is 5.60. The third-order valence-corrected chi connectivity index (χ3v) is 3.96. The first kappa shape index (κ1) is 12.0. The standard InChI is InChI=1S/C14H14N4S/c1-18-8-11(7-17-18)19-9-10-4-5-13(15)12-3-2-6-16-14(10)12/h2-8H,9,15H2,1H3. The molecule has 5 heteroatoms. The van der Waals surface area contributed by atoms with Gasteiger partial charge >= 0.3 is 0 Å². The Morgan fingerprint density at radius 1 is 1.32 bits per heavy atom. The zero-order valence-corrected chi connectivity index (χ0v) is 11.4. The van der Waals surface area contributed by atoms with Gasteiger partial charge in [0.2, 0.25) is 0 Å². The number of fused-ring (bicyclic) bond motifs is 1. The van der Waals surface area contributed by atoms with Gasteiger partial charge in [-0.05, 0) is 23.8 Å². The number of aromatic nitrogens is 3.